The van der Waals surface area contributed by atoms with E-state index in [4.69, 9.17) is 10.8 Å². The third-order valence-corrected chi connectivity index (χ3v) is 10.0. The van der Waals surface area contributed by atoms with Gasteiger partial charge in [0, 0.05) is 13.0 Å². The van der Waals surface area contributed by atoms with Crippen LogP contribution >= 0.6 is 0 Å². The molecule has 0 aliphatic rings. The molecule has 0 radical (unpaired) electrons. The monoisotopic (exact) mass is 352 g/mol. The molecule has 1 nitrogen and oxygen atoms in total. The van der Waals surface area contributed by atoms with Crippen molar-refractivity contribution in [3.05, 3.63) is 0 Å². The van der Waals surface area contributed by atoms with E-state index in [1.165, 1.54) is 77.0 Å². The molecule has 0 amide bonds. The van der Waals surface area contributed by atoms with Crippen molar-refractivity contribution in [3.8, 4) is 12.3 Å². The number of unbranched alkanes of at least 4 members (excludes halogenated alkanes) is 12. The van der Waals surface area contributed by atoms with E-state index in [-0.39, 0.29) is 0 Å². The zero-order valence-corrected chi connectivity index (χ0v) is 18.4. The number of hydrogen-bond donors (Lipinski definition) is 0. The summed E-state index contributed by atoms with van der Waals surface area (Å²) in [5, 5.41) is 0.342. The topological polar surface area (TPSA) is 9.23 Å². The van der Waals surface area contributed by atoms with Crippen molar-refractivity contribution in [2.24, 2.45) is 0 Å². The van der Waals surface area contributed by atoms with Crippen molar-refractivity contribution in [1.82, 2.24) is 0 Å². The fraction of sp³-hybridized carbons (Fsp3) is 0.909. The summed E-state index contributed by atoms with van der Waals surface area (Å²) in [5.41, 5.74) is 0. The van der Waals surface area contributed by atoms with Gasteiger partial charge in [-0.25, -0.2) is 0 Å². The Labute approximate surface area is 154 Å². The van der Waals surface area contributed by atoms with Crippen LogP contribution in [0.25, 0.3) is 0 Å². The molecule has 0 aromatic heterocycles. The molecular formula is C22H44OSi. The second kappa shape index (κ2) is 14.0. The van der Waals surface area contributed by atoms with Gasteiger partial charge in [0.2, 0.25) is 0 Å². The van der Waals surface area contributed by atoms with Gasteiger partial charge in [0.05, 0.1) is 0 Å². The largest absolute Gasteiger partial charge is 0.417 e. The maximum absolute atomic E-state index is 6.23. The first-order valence-electron chi connectivity index (χ1n) is 10.4. The Bertz CT molecular complexity index is 322. The van der Waals surface area contributed by atoms with Crippen LogP contribution in [0.3, 0.4) is 0 Å². The highest BCUT2D eigenvalue weighted by atomic mass is 28.4. The van der Waals surface area contributed by atoms with Gasteiger partial charge < -0.3 is 4.43 Å². The molecule has 0 heterocycles. The van der Waals surface area contributed by atoms with Crippen molar-refractivity contribution in [3.63, 3.8) is 0 Å². The quantitative estimate of drug-likeness (QED) is 0.166. The van der Waals surface area contributed by atoms with Gasteiger partial charge in [-0.1, -0.05) is 85.0 Å². The second-order valence-corrected chi connectivity index (χ2v) is 13.6. The zero-order chi connectivity index (χ0) is 18.3. The second-order valence-electron chi connectivity index (χ2n) is 8.81. The standard InChI is InChI=1S/C22H44OSi/c1-7-8-9-10-11-12-13-14-15-16-17-18-19-20-21-23-24(5,6)22(2,3)4/h1H,8-21H2,2-6H3. The molecular weight excluding hydrogens is 308 g/mol. The first-order chi connectivity index (χ1) is 11.3. The summed E-state index contributed by atoms with van der Waals surface area (Å²) in [4.78, 5) is 0. The lowest BCUT2D eigenvalue weighted by atomic mass is 10.0. The molecule has 0 bridgehead atoms. The SMILES string of the molecule is C#CCCCCCCCCCCCCCCO[Si](C)(C)C(C)(C)C. The third-order valence-electron chi connectivity index (χ3n) is 5.48. The van der Waals surface area contributed by atoms with Gasteiger partial charge in [0.15, 0.2) is 8.32 Å². The Morgan fingerprint density at radius 3 is 1.46 bits per heavy atom. The fourth-order valence-electron chi connectivity index (χ4n) is 2.64. The molecule has 2 heteroatoms. The van der Waals surface area contributed by atoms with Crippen LogP contribution in [-0.4, -0.2) is 14.9 Å². The highest BCUT2D eigenvalue weighted by molar-refractivity contribution is 6.74. The minimum Gasteiger partial charge on any atom is -0.417 e. The van der Waals surface area contributed by atoms with E-state index in [9.17, 15) is 0 Å². The highest BCUT2D eigenvalue weighted by Gasteiger charge is 2.36. The van der Waals surface area contributed by atoms with Gasteiger partial charge in [-0.2, -0.15) is 0 Å². The lowest BCUT2D eigenvalue weighted by Gasteiger charge is -2.36. The van der Waals surface area contributed by atoms with Crippen LogP contribution in [0, 0.1) is 12.3 Å². The Kier molecular flexibility index (Phi) is 13.8. The van der Waals surface area contributed by atoms with E-state index in [1.54, 1.807) is 0 Å². The molecule has 24 heavy (non-hydrogen) atoms. The van der Waals surface area contributed by atoms with Crippen LogP contribution in [-0.2, 0) is 4.43 Å². The average molecular weight is 353 g/mol. The van der Waals surface area contributed by atoms with Crippen LogP contribution < -0.4 is 0 Å². The minimum atomic E-state index is -1.52. The Morgan fingerprint density at radius 1 is 0.708 bits per heavy atom. The molecule has 0 spiro atoms. The summed E-state index contributed by atoms with van der Waals surface area (Å²) >= 11 is 0. The molecule has 0 rings (SSSR count). The molecule has 0 saturated heterocycles. The lowest BCUT2D eigenvalue weighted by Crippen LogP contribution is -2.40. The molecule has 0 aliphatic carbocycles. The molecule has 0 aromatic rings. The van der Waals surface area contributed by atoms with Crippen molar-refractivity contribution >= 4 is 8.32 Å². The normalized spacial score (nSPS) is 12.3. The average Bonchev–Trinajstić information content (AvgIpc) is 2.50. The van der Waals surface area contributed by atoms with Gasteiger partial charge in [-0.3, -0.25) is 0 Å². The van der Waals surface area contributed by atoms with Crippen LogP contribution in [0.2, 0.25) is 18.1 Å². The molecule has 0 saturated carbocycles. The number of rotatable bonds is 15. The van der Waals surface area contributed by atoms with E-state index >= 15 is 0 Å². The molecule has 142 valence electrons. The molecule has 0 N–H and O–H groups in total. The summed E-state index contributed by atoms with van der Waals surface area (Å²) in [7, 11) is -1.52. The van der Waals surface area contributed by atoms with E-state index in [0.29, 0.717) is 5.04 Å². The summed E-state index contributed by atoms with van der Waals surface area (Å²) in [6.45, 7) is 12.6. The minimum absolute atomic E-state index is 0.342. The Hall–Kier alpha value is -0.263. The van der Waals surface area contributed by atoms with Crippen molar-refractivity contribution in [2.75, 3.05) is 6.61 Å². The maximum atomic E-state index is 6.23. The maximum Gasteiger partial charge on any atom is 0.191 e. The van der Waals surface area contributed by atoms with E-state index in [0.717, 1.165) is 13.0 Å². The van der Waals surface area contributed by atoms with Crippen LogP contribution in [0.4, 0.5) is 0 Å². The Balaban J connectivity index is 3.25. The van der Waals surface area contributed by atoms with E-state index in [1.807, 2.05) is 0 Å². The van der Waals surface area contributed by atoms with Gasteiger partial charge in [0.25, 0.3) is 0 Å². The van der Waals surface area contributed by atoms with Gasteiger partial charge in [-0.05, 0) is 31.0 Å². The predicted octanol–water partition coefficient (Wildman–Crippen LogP) is 7.71. The van der Waals surface area contributed by atoms with E-state index in [2.05, 4.69) is 39.8 Å². The number of hydrogen-bond acceptors (Lipinski definition) is 1. The van der Waals surface area contributed by atoms with Crippen molar-refractivity contribution in [1.29, 1.82) is 0 Å². The van der Waals surface area contributed by atoms with Crippen LogP contribution in [0.5, 0.6) is 0 Å². The summed E-state index contributed by atoms with van der Waals surface area (Å²) in [6.07, 6.45) is 22.6. The molecule has 0 aliphatic heterocycles. The van der Waals surface area contributed by atoms with Crippen molar-refractivity contribution in [2.45, 2.75) is 122 Å². The molecule has 0 atom stereocenters. The number of terminal acetylenes is 1. The highest BCUT2D eigenvalue weighted by Crippen LogP contribution is 2.36. The fourth-order valence-corrected chi connectivity index (χ4v) is 3.73. The van der Waals surface area contributed by atoms with Gasteiger partial charge in [0.1, 0.15) is 0 Å². The molecule has 0 unspecified atom stereocenters. The lowest BCUT2D eigenvalue weighted by molar-refractivity contribution is 0.277. The molecule has 0 aromatic carbocycles. The first-order valence-corrected chi connectivity index (χ1v) is 13.3. The zero-order valence-electron chi connectivity index (χ0n) is 17.4. The van der Waals surface area contributed by atoms with Crippen molar-refractivity contribution < 1.29 is 4.43 Å². The van der Waals surface area contributed by atoms with E-state index < -0.39 is 8.32 Å². The first kappa shape index (κ1) is 23.7. The third kappa shape index (κ3) is 13.1. The smallest absolute Gasteiger partial charge is 0.191 e. The predicted molar refractivity (Wildman–Crippen MR) is 112 cm³/mol. The van der Waals surface area contributed by atoms with Gasteiger partial charge >= 0.3 is 0 Å². The van der Waals surface area contributed by atoms with Crippen LogP contribution in [0.1, 0.15) is 104 Å². The summed E-state index contributed by atoms with van der Waals surface area (Å²) in [5.74, 6) is 2.72. The Morgan fingerprint density at radius 2 is 1.08 bits per heavy atom. The van der Waals surface area contributed by atoms with Gasteiger partial charge in [-0.15, -0.1) is 12.3 Å². The summed E-state index contributed by atoms with van der Waals surface area (Å²) < 4.78 is 6.23. The molecule has 0 fully saturated rings. The van der Waals surface area contributed by atoms with Crippen LogP contribution in [0.15, 0.2) is 0 Å². The summed E-state index contributed by atoms with van der Waals surface area (Å²) in [6, 6.07) is 0.